The van der Waals surface area contributed by atoms with Crippen molar-refractivity contribution in [3.63, 3.8) is 0 Å². The van der Waals surface area contributed by atoms with Crippen LogP contribution in [0.5, 0.6) is 5.75 Å². The van der Waals surface area contributed by atoms with Crippen LogP contribution in [0.25, 0.3) is 0 Å². The van der Waals surface area contributed by atoms with Gasteiger partial charge in [0.2, 0.25) is 0 Å². The zero-order valence-corrected chi connectivity index (χ0v) is 16.3. The number of hydrogen-bond acceptors (Lipinski definition) is 5. The van der Waals surface area contributed by atoms with Gasteiger partial charge in [0.25, 0.3) is 0 Å². The summed E-state index contributed by atoms with van der Waals surface area (Å²) in [7, 11) is 0. The molecule has 2 aliphatic rings. The Labute approximate surface area is 164 Å². The second-order valence-electron chi connectivity index (χ2n) is 8.12. The van der Waals surface area contributed by atoms with Gasteiger partial charge in [0.15, 0.2) is 0 Å². The van der Waals surface area contributed by atoms with E-state index in [0.29, 0.717) is 19.5 Å². The lowest BCUT2D eigenvalue weighted by Crippen LogP contribution is -2.61. The van der Waals surface area contributed by atoms with E-state index in [4.69, 9.17) is 16.3 Å². The summed E-state index contributed by atoms with van der Waals surface area (Å²) < 4.78 is 19.1. The zero-order chi connectivity index (χ0) is 19.5. The molecule has 1 aliphatic carbocycles. The molecule has 0 bridgehead atoms. The van der Waals surface area contributed by atoms with Gasteiger partial charge in [0.1, 0.15) is 23.8 Å². The third kappa shape index (κ3) is 5.33. The quantitative estimate of drug-likeness (QED) is 0.662. The number of β-amino-alcohol motifs (C(OH)–C–C–N with tert-alkyl or cyclic N) is 2. The summed E-state index contributed by atoms with van der Waals surface area (Å²) in [6, 6.07) is 4.07. The number of piperidine rings is 1. The molecule has 2 atom stereocenters. The zero-order valence-electron chi connectivity index (χ0n) is 15.5. The lowest BCUT2D eigenvalue weighted by Gasteiger charge is -2.44. The number of halogens is 2. The number of benzene rings is 1. The number of ether oxygens (including phenoxy) is 1. The molecule has 1 aromatic rings. The molecule has 152 valence electrons. The Morgan fingerprint density at radius 1 is 1.19 bits per heavy atom. The minimum absolute atomic E-state index is 0.00146. The Hall–Kier alpha value is -0.920. The maximum absolute atomic E-state index is 13.6. The Morgan fingerprint density at radius 3 is 2.56 bits per heavy atom. The van der Waals surface area contributed by atoms with Crippen molar-refractivity contribution >= 4 is 11.6 Å². The fourth-order valence-corrected chi connectivity index (χ4v) is 4.28. The molecule has 0 spiro atoms. The van der Waals surface area contributed by atoms with E-state index >= 15 is 0 Å². The van der Waals surface area contributed by atoms with E-state index in [9.17, 15) is 19.7 Å². The monoisotopic (exact) mass is 401 g/mol. The van der Waals surface area contributed by atoms with Gasteiger partial charge in [-0.1, -0.05) is 37.3 Å². The van der Waals surface area contributed by atoms with Gasteiger partial charge in [-0.05, 0) is 31.4 Å². The first kappa shape index (κ1) is 20.8. The van der Waals surface area contributed by atoms with Crippen molar-refractivity contribution < 1.29 is 24.4 Å². The fourth-order valence-electron chi connectivity index (χ4n) is 4.16. The van der Waals surface area contributed by atoms with Crippen molar-refractivity contribution in [3.8, 4) is 5.75 Å². The number of likely N-dealkylation sites (tertiary alicyclic amines) is 1. The maximum Gasteiger partial charge on any atom is 0.145 e. The Morgan fingerprint density at radius 2 is 1.89 bits per heavy atom. The van der Waals surface area contributed by atoms with Crippen LogP contribution in [0, 0.1) is 5.82 Å². The third-order valence-corrected chi connectivity index (χ3v) is 6.08. The molecule has 3 N–H and O–H groups in total. The molecule has 27 heavy (non-hydrogen) atoms. The van der Waals surface area contributed by atoms with Gasteiger partial charge >= 0.3 is 0 Å². The van der Waals surface area contributed by atoms with Crippen LogP contribution in [0.2, 0.25) is 5.02 Å². The summed E-state index contributed by atoms with van der Waals surface area (Å²) in [4.78, 5) is 2.00. The Bertz CT molecular complexity index is 638. The van der Waals surface area contributed by atoms with Gasteiger partial charge in [-0.3, -0.25) is 4.90 Å². The predicted molar refractivity (Wildman–Crippen MR) is 102 cm³/mol. The first-order chi connectivity index (χ1) is 12.8. The lowest BCUT2D eigenvalue weighted by molar-refractivity contribution is -0.148. The normalized spacial score (nSPS) is 29.3. The molecule has 2 fully saturated rings. The highest BCUT2D eigenvalue weighted by atomic mass is 35.5. The first-order valence-electron chi connectivity index (χ1n) is 9.73. The van der Waals surface area contributed by atoms with Crippen molar-refractivity contribution in [2.75, 3.05) is 26.2 Å². The van der Waals surface area contributed by atoms with Crippen LogP contribution in [0.1, 0.15) is 44.9 Å². The number of nitrogens with zero attached hydrogens (tertiary/aromatic N) is 1. The topological polar surface area (TPSA) is 73.2 Å². The number of hydrogen-bond donors (Lipinski definition) is 3. The largest absolute Gasteiger partial charge is 0.490 e. The van der Waals surface area contributed by atoms with Gasteiger partial charge in [0.05, 0.1) is 16.7 Å². The fraction of sp³-hybridized carbons (Fsp3) is 0.700. The number of rotatable bonds is 5. The summed E-state index contributed by atoms with van der Waals surface area (Å²) in [5, 5.41) is 32.2. The van der Waals surface area contributed by atoms with Crippen LogP contribution in [-0.2, 0) is 0 Å². The Kier molecular flexibility index (Phi) is 6.64. The minimum Gasteiger partial charge on any atom is -0.490 e. The minimum atomic E-state index is -1.48. The molecule has 0 amide bonds. The van der Waals surface area contributed by atoms with Crippen LogP contribution in [0.15, 0.2) is 18.2 Å². The van der Waals surface area contributed by atoms with E-state index in [1.807, 2.05) is 4.90 Å². The van der Waals surface area contributed by atoms with Gasteiger partial charge in [-0.2, -0.15) is 0 Å². The molecule has 1 heterocycles. The second-order valence-corrected chi connectivity index (χ2v) is 8.53. The molecule has 1 aromatic carbocycles. The lowest BCUT2D eigenvalue weighted by atomic mass is 9.87. The van der Waals surface area contributed by atoms with E-state index in [1.54, 1.807) is 0 Å². The van der Waals surface area contributed by atoms with E-state index in [2.05, 4.69) is 0 Å². The van der Waals surface area contributed by atoms with E-state index < -0.39 is 23.1 Å². The molecule has 0 unspecified atom stereocenters. The molecular formula is C20H29ClFNO4. The smallest absolute Gasteiger partial charge is 0.145 e. The van der Waals surface area contributed by atoms with Gasteiger partial charge in [-0.15, -0.1) is 0 Å². The summed E-state index contributed by atoms with van der Waals surface area (Å²) in [5.41, 5.74) is -2.21. The van der Waals surface area contributed by atoms with Gasteiger partial charge < -0.3 is 20.1 Å². The van der Waals surface area contributed by atoms with E-state index in [-0.39, 0.29) is 23.9 Å². The molecular weight excluding hydrogens is 373 g/mol. The van der Waals surface area contributed by atoms with Crippen LogP contribution >= 0.6 is 11.6 Å². The van der Waals surface area contributed by atoms with Crippen molar-refractivity contribution in [3.05, 3.63) is 29.0 Å². The highest BCUT2D eigenvalue weighted by Gasteiger charge is 2.44. The van der Waals surface area contributed by atoms with Crippen LogP contribution in [0.4, 0.5) is 4.39 Å². The van der Waals surface area contributed by atoms with Crippen molar-refractivity contribution in [2.24, 2.45) is 0 Å². The molecule has 1 aliphatic heterocycles. The standard InChI is InChI=1S/C20H29ClFNO4/c21-16-6-5-15(11-17(16)22)27-14-20(26)13-23(10-7-18(20)24)12-19(25)8-3-1-2-4-9-19/h5-6,11,18,24-26H,1-4,7-10,12-14H2/t18-,20-/m0/s1. The van der Waals surface area contributed by atoms with Gasteiger partial charge in [0, 0.05) is 25.7 Å². The van der Waals surface area contributed by atoms with Gasteiger partial charge in [-0.25, -0.2) is 4.39 Å². The summed E-state index contributed by atoms with van der Waals surface area (Å²) in [6.45, 7) is 1.13. The maximum atomic E-state index is 13.6. The highest BCUT2D eigenvalue weighted by Crippen LogP contribution is 2.31. The van der Waals surface area contributed by atoms with Crippen molar-refractivity contribution in [2.45, 2.75) is 62.3 Å². The van der Waals surface area contributed by atoms with Crippen molar-refractivity contribution in [1.29, 1.82) is 0 Å². The molecule has 1 saturated heterocycles. The summed E-state index contributed by atoms with van der Waals surface area (Å²) in [5.74, 6) is -0.348. The molecule has 0 aromatic heterocycles. The number of aliphatic hydroxyl groups excluding tert-OH is 1. The first-order valence-corrected chi connectivity index (χ1v) is 10.1. The summed E-state index contributed by atoms with van der Waals surface area (Å²) in [6.07, 6.45) is 5.33. The van der Waals surface area contributed by atoms with Crippen LogP contribution < -0.4 is 4.74 Å². The van der Waals surface area contributed by atoms with Crippen LogP contribution in [0.3, 0.4) is 0 Å². The second kappa shape index (κ2) is 8.62. The molecule has 1 saturated carbocycles. The summed E-state index contributed by atoms with van der Waals surface area (Å²) >= 11 is 5.67. The van der Waals surface area contributed by atoms with Crippen molar-refractivity contribution in [1.82, 2.24) is 4.90 Å². The number of aliphatic hydroxyl groups is 3. The SMILES string of the molecule is O[C@H]1CCN(CC2(O)CCCCCC2)C[C@]1(O)COc1ccc(Cl)c(F)c1. The highest BCUT2D eigenvalue weighted by molar-refractivity contribution is 6.30. The third-order valence-electron chi connectivity index (χ3n) is 5.77. The predicted octanol–water partition coefficient (Wildman–Crippen LogP) is 2.74. The molecule has 5 nitrogen and oxygen atoms in total. The molecule has 3 rings (SSSR count). The average Bonchev–Trinajstić information content (AvgIpc) is 2.84. The Balaban J connectivity index is 1.61. The average molecular weight is 402 g/mol. The van der Waals surface area contributed by atoms with E-state index in [1.165, 1.54) is 12.1 Å². The van der Waals surface area contributed by atoms with Crippen LogP contribution in [-0.4, -0.2) is 63.8 Å². The molecule has 0 radical (unpaired) electrons. The molecule has 7 heteroatoms. The van der Waals surface area contributed by atoms with E-state index in [0.717, 1.165) is 44.6 Å².